The normalized spacial score (nSPS) is 16.3. The topological polar surface area (TPSA) is 109 Å². The number of fused-ring (bicyclic) bond motifs is 1. The van der Waals surface area contributed by atoms with E-state index >= 15 is 0 Å². The van der Waals surface area contributed by atoms with Crippen LogP contribution in [0, 0.1) is 0 Å². The van der Waals surface area contributed by atoms with E-state index in [1.54, 1.807) is 40.7 Å². The molecule has 254 valence electrons. The molecule has 1 atom stereocenters. The van der Waals surface area contributed by atoms with Crippen molar-refractivity contribution in [3.05, 3.63) is 120 Å². The number of carbonyl (C=O) groups excluding carboxylic acids is 2. The van der Waals surface area contributed by atoms with Crippen LogP contribution in [0.2, 0.25) is 0 Å². The molecule has 6 rings (SSSR count). The SMILES string of the molecule is CCOC(=O)C1=C(c2ccccc2)N=c2s/c(=C/c3ccc(OCC(=O)N4CCOCC4)c(OC)c3)c(=O)n2[C@H]1c1ccc(C(C)C)cc1. The summed E-state index contributed by atoms with van der Waals surface area (Å²) in [7, 11) is 1.52. The molecule has 1 fully saturated rings. The van der Waals surface area contributed by atoms with E-state index in [0.717, 1.165) is 16.7 Å². The highest BCUT2D eigenvalue weighted by Gasteiger charge is 2.35. The standard InChI is InChI=1S/C38H39N3O7S/c1-5-47-37(44)33-34(27-9-7-6-8-10-27)39-38-41(35(33)28-14-12-26(13-15-28)24(2)3)36(43)31(49-38)22-25-11-16-29(30(21-25)45-4)48-23-32(42)40-17-19-46-20-18-40/h6-16,21-22,24,35H,5,17-20,23H2,1-4H3/b31-22+/t35-/m0/s1. The van der Waals surface area contributed by atoms with Gasteiger partial charge in [-0.15, -0.1) is 0 Å². The third-order valence-electron chi connectivity index (χ3n) is 8.49. The molecule has 49 heavy (non-hydrogen) atoms. The smallest absolute Gasteiger partial charge is 0.338 e. The average Bonchev–Trinajstić information content (AvgIpc) is 3.44. The Morgan fingerprint density at radius 1 is 1.02 bits per heavy atom. The van der Waals surface area contributed by atoms with Gasteiger partial charge in [0.05, 0.1) is 48.8 Å². The van der Waals surface area contributed by atoms with Crippen molar-refractivity contribution in [2.45, 2.75) is 32.7 Å². The summed E-state index contributed by atoms with van der Waals surface area (Å²) in [6, 6.07) is 22.0. The van der Waals surface area contributed by atoms with Crippen LogP contribution < -0.4 is 24.4 Å². The van der Waals surface area contributed by atoms with Crippen molar-refractivity contribution >= 4 is 35.0 Å². The number of ether oxygens (including phenoxy) is 4. The van der Waals surface area contributed by atoms with Crippen molar-refractivity contribution in [2.75, 3.05) is 46.6 Å². The Hall–Kier alpha value is -5.00. The van der Waals surface area contributed by atoms with Crippen LogP contribution in [0.4, 0.5) is 0 Å². The van der Waals surface area contributed by atoms with Gasteiger partial charge in [-0.3, -0.25) is 14.2 Å². The molecule has 2 aliphatic rings. The zero-order valence-corrected chi connectivity index (χ0v) is 28.8. The molecule has 0 unspecified atom stereocenters. The van der Waals surface area contributed by atoms with Crippen LogP contribution in [-0.2, 0) is 19.1 Å². The lowest BCUT2D eigenvalue weighted by molar-refractivity contribution is -0.139. The summed E-state index contributed by atoms with van der Waals surface area (Å²) >= 11 is 1.25. The number of esters is 1. The van der Waals surface area contributed by atoms with Crippen LogP contribution in [0.5, 0.6) is 11.5 Å². The molecule has 0 aliphatic carbocycles. The Labute approximate surface area is 288 Å². The van der Waals surface area contributed by atoms with Gasteiger partial charge in [0.1, 0.15) is 0 Å². The molecule has 10 nitrogen and oxygen atoms in total. The van der Waals surface area contributed by atoms with Gasteiger partial charge in [-0.05, 0) is 47.7 Å². The summed E-state index contributed by atoms with van der Waals surface area (Å²) in [5.74, 6) is 0.510. The molecule has 1 aromatic heterocycles. The number of methoxy groups -OCH3 is 1. The zero-order valence-electron chi connectivity index (χ0n) is 28.0. The zero-order chi connectivity index (χ0) is 34.5. The van der Waals surface area contributed by atoms with Crippen LogP contribution in [-0.4, -0.2) is 68.0 Å². The van der Waals surface area contributed by atoms with Crippen LogP contribution >= 0.6 is 11.3 Å². The summed E-state index contributed by atoms with van der Waals surface area (Å²) in [6.45, 7) is 8.14. The van der Waals surface area contributed by atoms with Gasteiger partial charge < -0.3 is 23.8 Å². The number of thiazole rings is 1. The van der Waals surface area contributed by atoms with Crippen molar-refractivity contribution < 1.29 is 28.5 Å². The van der Waals surface area contributed by atoms with E-state index < -0.39 is 12.0 Å². The van der Waals surface area contributed by atoms with Crippen molar-refractivity contribution in [1.29, 1.82) is 0 Å². The quantitative estimate of drug-likeness (QED) is 0.230. The summed E-state index contributed by atoms with van der Waals surface area (Å²) in [4.78, 5) is 47.8. The van der Waals surface area contributed by atoms with Gasteiger partial charge in [0.25, 0.3) is 11.5 Å². The first-order chi connectivity index (χ1) is 23.8. The molecule has 0 bridgehead atoms. The Morgan fingerprint density at radius 3 is 2.43 bits per heavy atom. The predicted octanol–water partition coefficient (Wildman–Crippen LogP) is 4.31. The highest BCUT2D eigenvalue weighted by atomic mass is 32.1. The number of aromatic nitrogens is 1. The average molecular weight is 682 g/mol. The van der Waals surface area contributed by atoms with Crippen LogP contribution in [0.25, 0.3) is 11.8 Å². The first-order valence-electron chi connectivity index (χ1n) is 16.3. The Balaban J connectivity index is 1.43. The van der Waals surface area contributed by atoms with Crippen LogP contribution in [0.3, 0.4) is 0 Å². The molecule has 3 heterocycles. The number of amides is 1. The van der Waals surface area contributed by atoms with E-state index in [0.29, 0.717) is 69.9 Å². The largest absolute Gasteiger partial charge is 0.493 e. The second-order valence-corrected chi connectivity index (χ2v) is 13.0. The number of hydrogen-bond donors (Lipinski definition) is 0. The van der Waals surface area contributed by atoms with Gasteiger partial charge in [0.2, 0.25) is 0 Å². The van der Waals surface area contributed by atoms with Gasteiger partial charge in [-0.1, -0.05) is 85.8 Å². The van der Waals surface area contributed by atoms with Gasteiger partial charge in [0.15, 0.2) is 22.9 Å². The molecule has 0 radical (unpaired) electrons. The lowest BCUT2D eigenvalue weighted by atomic mass is 9.91. The summed E-state index contributed by atoms with van der Waals surface area (Å²) in [6.07, 6.45) is 1.77. The third kappa shape index (κ3) is 7.23. The van der Waals surface area contributed by atoms with Gasteiger partial charge in [-0.25, -0.2) is 9.79 Å². The third-order valence-corrected chi connectivity index (χ3v) is 9.48. The molecule has 2 aliphatic heterocycles. The predicted molar refractivity (Wildman–Crippen MR) is 187 cm³/mol. The van der Waals surface area contributed by atoms with Crippen molar-refractivity contribution in [3.8, 4) is 11.5 Å². The summed E-state index contributed by atoms with van der Waals surface area (Å²) in [5.41, 5.74) is 3.86. The van der Waals surface area contributed by atoms with Crippen LogP contribution in [0.1, 0.15) is 55.0 Å². The molecular weight excluding hydrogens is 642 g/mol. The molecule has 3 aromatic carbocycles. The van der Waals surface area contributed by atoms with Gasteiger partial charge in [0, 0.05) is 18.7 Å². The lowest BCUT2D eigenvalue weighted by Gasteiger charge is -2.26. The Kier molecular flexibility index (Phi) is 10.4. The summed E-state index contributed by atoms with van der Waals surface area (Å²) < 4.78 is 24.4. The highest BCUT2D eigenvalue weighted by molar-refractivity contribution is 7.07. The molecular formula is C38H39N3O7S. The van der Waals surface area contributed by atoms with E-state index in [9.17, 15) is 14.4 Å². The second kappa shape index (κ2) is 15.0. The number of carbonyl (C=O) groups is 2. The van der Waals surface area contributed by atoms with E-state index in [2.05, 4.69) is 13.8 Å². The van der Waals surface area contributed by atoms with Crippen LogP contribution in [0.15, 0.2) is 88.2 Å². The van der Waals surface area contributed by atoms with Crippen molar-refractivity contribution in [1.82, 2.24) is 9.47 Å². The second-order valence-electron chi connectivity index (χ2n) is 11.9. The maximum atomic E-state index is 14.3. The fourth-order valence-electron chi connectivity index (χ4n) is 5.91. The Morgan fingerprint density at radius 2 is 1.76 bits per heavy atom. The molecule has 0 N–H and O–H groups in total. The first kappa shape index (κ1) is 33.9. The number of hydrogen-bond acceptors (Lipinski definition) is 9. The molecule has 4 aromatic rings. The molecule has 1 saturated heterocycles. The maximum absolute atomic E-state index is 14.3. The molecule has 11 heteroatoms. The highest BCUT2D eigenvalue weighted by Crippen LogP contribution is 2.36. The number of morpholine rings is 1. The number of rotatable bonds is 10. The maximum Gasteiger partial charge on any atom is 0.338 e. The fraction of sp³-hybridized carbons (Fsp3) is 0.316. The molecule has 1 amide bonds. The van der Waals surface area contributed by atoms with E-state index in [4.69, 9.17) is 23.9 Å². The van der Waals surface area contributed by atoms with E-state index in [1.807, 2.05) is 54.6 Å². The van der Waals surface area contributed by atoms with E-state index in [1.165, 1.54) is 18.4 Å². The minimum atomic E-state index is -0.761. The van der Waals surface area contributed by atoms with E-state index in [-0.39, 0.29) is 24.7 Å². The lowest BCUT2D eigenvalue weighted by Crippen LogP contribution is -2.43. The molecule has 0 spiro atoms. The fourth-order valence-corrected chi connectivity index (χ4v) is 6.91. The monoisotopic (exact) mass is 681 g/mol. The van der Waals surface area contributed by atoms with Crippen molar-refractivity contribution in [2.24, 2.45) is 4.99 Å². The summed E-state index contributed by atoms with van der Waals surface area (Å²) in [5, 5.41) is 0. The minimum Gasteiger partial charge on any atom is -0.493 e. The van der Waals surface area contributed by atoms with Gasteiger partial charge in [-0.2, -0.15) is 0 Å². The van der Waals surface area contributed by atoms with Crippen molar-refractivity contribution in [3.63, 3.8) is 0 Å². The number of benzene rings is 3. The number of nitrogens with zero attached hydrogens (tertiary/aromatic N) is 3. The Bertz CT molecular complexity index is 2040. The minimum absolute atomic E-state index is 0.124. The molecule has 0 saturated carbocycles. The van der Waals surface area contributed by atoms with Gasteiger partial charge >= 0.3 is 5.97 Å². The first-order valence-corrected chi connectivity index (χ1v) is 17.1.